The number of likely N-dealkylation sites (N-methyl/N-ethyl adjacent to an activating group) is 1. The van der Waals surface area contributed by atoms with E-state index in [4.69, 9.17) is 27.9 Å². The molecule has 0 saturated carbocycles. The maximum absolute atomic E-state index is 6.28. The molecular formula is C16H23Cl2NO. The lowest BCUT2D eigenvalue weighted by molar-refractivity contribution is 0.0996. The molecule has 1 saturated heterocycles. The minimum absolute atomic E-state index is 0.431. The Hall–Kier alpha value is -0.280. The third kappa shape index (κ3) is 4.63. The first kappa shape index (κ1) is 16.1. The van der Waals surface area contributed by atoms with Gasteiger partial charge < -0.3 is 10.1 Å². The molecule has 20 heavy (non-hydrogen) atoms. The van der Waals surface area contributed by atoms with E-state index in [-0.39, 0.29) is 0 Å². The standard InChI is InChI=1S/C16H23Cl2NO/c1-2-19-13(8-9-14-6-4-10-20-14)11-12-5-3-7-15(17)16(12)18/h3,5,7,13-14,19H,2,4,6,8-11H2,1H3. The lowest BCUT2D eigenvalue weighted by Crippen LogP contribution is -2.32. The number of nitrogens with one attached hydrogen (secondary N) is 1. The Bertz CT molecular complexity index is 419. The van der Waals surface area contributed by atoms with Crippen molar-refractivity contribution in [1.82, 2.24) is 5.32 Å². The van der Waals surface area contributed by atoms with Crippen LogP contribution in [-0.4, -0.2) is 25.3 Å². The average Bonchev–Trinajstić information content (AvgIpc) is 2.94. The molecule has 1 heterocycles. The monoisotopic (exact) mass is 315 g/mol. The van der Waals surface area contributed by atoms with E-state index < -0.39 is 0 Å². The van der Waals surface area contributed by atoms with Crippen molar-refractivity contribution < 1.29 is 4.74 Å². The van der Waals surface area contributed by atoms with Crippen LogP contribution >= 0.6 is 23.2 Å². The molecular weight excluding hydrogens is 293 g/mol. The van der Waals surface area contributed by atoms with Gasteiger partial charge in [-0.1, -0.05) is 42.3 Å². The normalized spacial score (nSPS) is 20.2. The highest BCUT2D eigenvalue weighted by molar-refractivity contribution is 6.42. The van der Waals surface area contributed by atoms with Crippen LogP contribution in [0.1, 0.15) is 38.2 Å². The predicted molar refractivity (Wildman–Crippen MR) is 85.8 cm³/mol. The van der Waals surface area contributed by atoms with Crippen molar-refractivity contribution in [1.29, 1.82) is 0 Å². The maximum atomic E-state index is 6.28. The van der Waals surface area contributed by atoms with Crippen molar-refractivity contribution in [2.24, 2.45) is 0 Å². The van der Waals surface area contributed by atoms with Gasteiger partial charge in [-0.15, -0.1) is 0 Å². The van der Waals surface area contributed by atoms with Gasteiger partial charge in [-0.25, -0.2) is 0 Å². The summed E-state index contributed by atoms with van der Waals surface area (Å²) in [6.07, 6.45) is 6.01. The number of ether oxygens (including phenoxy) is 1. The summed E-state index contributed by atoms with van der Waals surface area (Å²) in [5, 5.41) is 4.87. The largest absolute Gasteiger partial charge is 0.378 e. The zero-order valence-corrected chi connectivity index (χ0v) is 13.5. The summed E-state index contributed by atoms with van der Waals surface area (Å²) >= 11 is 12.4. The highest BCUT2D eigenvalue weighted by Crippen LogP contribution is 2.27. The fourth-order valence-corrected chi connectivity index (χ4v) is 3.19. The lowest BCUT2D eigenvalue weighted by Gasteiger charge is -2.20. The number of hydrogen-bond donors (Lipinski definition) is 1. The fraction of sp³-hybridized carbons (Fsp3) is 0.625. The van der Waals surface area contributed by atoms with Crippen molar-refractivity contribution in [3.05, 3.63) is 33.8 Å². The molecule has 2 atom stereocenters. The first-order valence-electron chi connectivity index (χ1n) is 7.48. The van der Waals surface area contributed by atoms with Crippen LogP contribution < -0.4 is 5.32 Å². The summed E-state index contributed by atoms with van der Waals surface area (Å²) in [6.45, 7) is 4.03. The van der Waals surface area contributed by atoms with Gasteiger partial charge in [0.1, 0.15) is 0 Å². The summed E-state index contributed by atoms with van der Waals surface area (Å²) in [4.78, 5) is 0. The van der Waals surface area contributed by atoms with Crippen LogP contribution in [0.25, 0.3) is 0 Å². The molecule has 1 fully saturated rings. The molecule has 4 heteroatoms. The van der Waals surface area contributed by atoms with Gasteiger partial charge in [0.05, 0.1) is 16.1 Å². The first-order valence-corrected chi connectivity index (χ1v) is 8.24. The summed E-state index contributed by atoms with van der Waals surface area (Å²) < 4.78 is 5.70. The van der Waals surface area contributed by atoms with Crippen LogP contribution in [0.15, 0.2) is 18.2 Å². The Morgan fingerprint density at radius 2 is 2.25 bits per heavy atom. The van der Waals surface area contributed by atoms with Crippen LogP contribution in [0.2, 0.25) is 10.0 Å². The van der Waals surface area contributed by atoms with Gasteiger partial charge in [0, 0.05) is 12.6 Å². The van der Waals surface area contributed by atoms with E-state index in [1.54, 1.807) is 0 Å². The molecule has 112 valence electrons. The molecule has 0 aromatic heterocycles. The quantitative estimate of drug-likeness (QED) is 0.801. The molecule has 1 aromatic carbocycles. The zero-order valence-electron chi connectivity index (χ0n) is 12.0. The van der Waals surface area contributed by atoms with E-state index in [0.717, 1.165) is 38.0 Å². The van der Waals surface area contributed by atoms with Gasteiger partial charge in [0.2, 0.25) is 0 Å². The smallest absolute Gasteiger partial charge is 0.0624 e. The van der Waals surface area contributed by atoms with E-state index in [0.29, 0.717) is 22.2 Å². The number of hydrogen-bond acceptors (Lipinski definition) is 2. The molecule has 2 rings (SSSR count). The minimum Gasteiger partial charge on any atom is -0.378 e. The Morgan fingerprint density at radius 3 is 2.95 bits per heavy atom. The Labute approximate surface area is 131 Å². The molecule has 1 aromatic rings. The third-order valence-electron chi connectivity index (χ3n) is 3.85. The lowest BCUT2D eigenvalue weighted by atomic mass is 9.99. The molecule has 0 amide bonds. The molecule has 0 aliphatic carbocycles. The average molecular weight is 316 g/mol. The summed E-state index contributed by atoms with van der Waals surface area (Å²) in [6, 6.07) is 6.29. The van der Waals surface area contributed by atoms with Gasteiger partial charge in [0.15, 0.2) is 0 Å². The van der Waals surface area contributed by atoms with Gasteiger partial charge in [-0.3, -0.25) is 0 Å². The summed E-state index contributed by atoms with van der Waals surface area (Å²) in [7, 11) is 0. The van der Waals surface area contributed by atoms with Crippen molar-refractivity contribution >= 4 is 23.2 Å². The van der Waals surface area contributed by atoms with E-state index >= 15 is 0 Å². The van der Waals surface area contributed by atoms with E-state index in [9.17, 15) is 0 Å². The topological polar surface area (TPSA) is 21.3 Å². The first-order chi connectivity index (χ1) is 9.70. The summed E-state index contributed by atoms with van der Waals surface area (Å²) in [5.74, 6) is 0. The molecule has 2 unspecified atom stereocenters. The van der Waals surface area contributed by atoms with Crippen molar-refractivity contribution in [2.45, 2.75) is 51.2 Å². The van der Waals surface area contributed by atoms with Crippen molar-refractivity contribution in [2.75, 3.05) is 13.2 Å². The van der Waals surface area contributed by atoms with Gasteiger partial charge in [-0.05, 0) is 50.3 Å². The second kappa shape index (κ2) is 8.23. The van der Waals surface area contributed by atoms with Gasteiger partial charge in [-0.2, -0.15) is 0 Å². The van der Waals surface area contributed by atoms with E-state index in [1.807, 2.05) is 12.1 Å². The Balaban J connectivity index is 1.92. The molecule has 2 nitrogen and oxygen atoms in total. The predicted octanol–water partition coefficient (Wildman–Crippen LogP) is 4.47. The van der Waals surface area contributed by atoms with Crippen molar-refractivity contribution in [3.63, 3.8) is 0 Å². The van der Waals surface area contributed by atoms with Gasteiger partial charge in [0.25, 0.3) is 0 Å². The molecule has 0 radical (unpaired) electrons. The van der Waals surface area contributed by atoms with E-state index in [1.165, 1.54) is 12.8 Å². The maximum Gasteiger partial charge on any atom is 0.0624 e. The van der Waals surface area contributed by atoms with Crippen LogP contribution in [0.4, 0.5) is 0 Å². The molecule has 1 N–H and O–H groups in total. The van der Waals surface area contributed by atoms with Crippen LogP contribution in [-0.2, 0) is 11.2 Å². The Kier molecular flexibility index (Phi) is 6.63. The van der Waals surface area contributed by atoms with Crippen LogP contribution in [0, 0.1) is 0 Å². The fourth-order valence-electron chi connectivity index (χ4n) is 2.80. The number of rotatable bonds is 7. The second-order valence-corrected chi connectivity index (χ2v) is 6.17. The van der Waals surface area contributed by atoms with Crippen LogP contribution in [0.5, 0.6) is 0 Å². The Morgan fingerprint density at radius 1 is 1.40 bits per heavy atom. The number of benzene rings is 1. The zero-order chi connectivity index (χ0) is 14.4. The third-order valence-corrected chi connectivity index (χ3v) is 4.71. The number of halogens is 2. The minimum atomic E-state index is 0.431. The summed E-state index contributed by atoms with van der Waals surface area (Å²) in [5.41, 5.74) is 1.12. The SMILES string of the molecule is CCNC(CCC1CCCO1)Cc1cccc(Cl)c1Cl. The molecule has 0 spiro atoms. The van der Waals surface area contributed by atoms with Gasteiger partial charge >= 0.3 is 0 Å². The van der Waals surface area contributed by atoms with E-state index in [2.05, 4.69) is 18.3 Å². The second-order valence-electron chi connectivity index (χ2n) is 5.38. The van der Waals surface area contributed by atoms with Crippen molar-refractivity contribution in [3.8, 4) is 0 Å². The highest BCUT2D eigenvalue weighted by atomic mass is 35.5. The molecule has 1 aliphatic rings. The molecule has 0 bridgehead atoms. The van der Waals surface area contributed by atoms with Crippen LogP contribution in [0.3, 0.4) is 0 Å². The molecule has 1 aliphatic heterocycles. The highest BCUT2D eigenvalue weighted by Gasteiger charge is 2.18.